The van der Waals surface area contributed by atoms with E-state index in [1.165, 1.54) is 11.1 Å². The molecular weight excluding hydrogens is 378 g/mol. The molecule has 0 aliphatic carbocycles. The van der Waals surface area contributed by atoms with Crippen LogP contribution in [0.2, 0.25) is 5.02 Å². The Labute approximate surface area is 168 Å². The van der Waals surface area contributed by atoms with Crippen LogP contribution in [0, 0.1) is 0 Å². The molecule has 27 heavy (non-hydrogen) atoms. The fourth-order valence-electron chi connectivity index (χ4n) is 3.40. The first kappa shape index (κ1) is 18.4. The van der Waals surface area contributed by atoms with Crippen molar-refractivity contribution < 1.29 is 5.11 Å². The van der Waals surface area contributed by atoms with Crippen LogP contribution in [0.4, 0.5) is 5.13 Å². The second-order valence-corrected chi connectivity index (χ2v) is 8.08. The lowest BCUT2D eigenvalue weighted by Crippen LogP contribution is -2.22. The van der Waals surface area contributed by atoms with Crippen LogP contribution in [-0.2, 0) is 13.1 Å². The molecule has 140 valence electrons. The molecule has 6 heteroatoms. The minimum atomic E-state index is -0.186. The van der Waals surface area contributed by atoms with Crippen LogP contribution in [0.5, 0.6) is 0 Å². The van der Waals surface area contributed by atoms with Gasteiger partial charge in [0.15, 0.2) is 5.13 Å². The largest absolute Gasteiger partial charge is 0.392 e. The van der Waals surface area contributed by atoms with Gasteiger partial charge in [-0.25, -0.2) is 4.98 Å². The molecular formula is C21H22ClN3OS. The number of thiazole rings is 1. The lowest BCUT2D eigenvalue weighted by Gasteiger charge is -2.17. The highest BCUT2D eigenvalue weighted by Crippen LogP contribution is 2.30. The highest BCUT2D eigenvalue weighted by Gasteiger charge is 2.20. The summed E-state index contributed by atoms with van der Waals surface area (Å²) in [5.74, 6) is 0. The SMILES string of the molecule is OC1CCN(Cc2ccccc2CNc2nc(-c3ccccc3Cl)cs2)C1. The van der Waals surface area contributed by atoms with Gasteiger partial charge in [0.25, 0.3) is 0 Å². The summed E-state index contributed by atoms with van der Waals surface area (Å²) in [5, 5.41) is 16.8. The second kappa shape index (κ2) is 8.40. The molecule has 1 aliphatic heterocycles. The third-order valence-electron chi connectivity index (χ3n) is 4.84. The quantitative estimate of drug-likeness (QED) is 0.633. The van der Waals surface area contributed by atoms with Gasteiger partial charge in [-0.05, 0) is 23.6 Å². The zero-order valence-electron chi connectivity index (χ0n) is 14.9. The highest BCUT2D eigenvalue weighted by molar-refractivity contribution is 7.14. The Morgan fingerprint density at radius 2 is 1.93 bits per heavy atom. The lowest BCUT2D eigenvalue weighted by molar-refractivity contribution is 0.174. The van der Waals surface area contributed by atoms with Gasteiger partial charge in [0.1, 0.15) is 0 Å². The lowest BCUT2D eigenvalue weighted by atomic mass is 10.1. The summed E-state index contributed by atoms with van der Waals surface area (Å²) in [4.78, 5) is 6.99. The topological polar surface area (TPSA) is 48.4 Å². The number of β-amino-alcohol motifs (C(OH)–C–C–N with tert-alkyl or cyclic N) is 1. The van der Waals surface area contributed by atoms with E-state index in [1.807, 2.05) is 29.6 Å². The molecule has 4 rings (SSSR count). The number of benzene rings is 2. The van der Waals surface area contributed by atoms with Gasteiger partial charge >= 0.3 is 0 Å². The number of halogens is 1. The van der Waals surface area contributed by atoms with Gasteiger partial charge in [0, 0.05) is 42.1 Å². The molecule has 1 unspecified atom stereocenters. The van der Waals surface area contributed by atoms with Crippen molar-refractivity contribution in [1.29, 1.82) is 0 Å². The van der Waals surface area contributed by atoms with Crippen LogP contribution in [-0.4, -0.2) is 34.2 Å². The van der Waals surface area contributed by atoms with E-state index in [0.29, 0.717) is 5.02 Å². The second-order valence-electron chi connectivity index (χ2n) is 6.82. The van der Waals surface area contributed by atoms with Gasteiger partial charge in [-0.1, -0.05) is 54.1 Å². The molecule has 0 radical (unpaired) electrons. The Morgan fingerprint density at radius 1 is 1.15 bits per heavy atom. The van der Waals surface area contributed by atoms with Gasteiger partial charge in [0.05, 0.1) is 11.8 Å². The van der Waals surface area contributed by atoms with E-state index >= 15 is 0 Å². The highest BCUT2D eigenvalue weighted by atomic mass is 35.5. The Bertz CT molecular complexity index is 914. The third kappa shape index (κ3) is 4.50. The van der Waals surface area contributed by atoms with Crippen LogP contribution in [0.15, 0.2) is 53.9 Å². The van der Waals surface area contributed by atoms with Gasteiger partial charge in [0.2, 0.25) is 0 Å². The molecule has 1 fully saturated rings. The number of aliphatic hydroxyl groups is 1. The zero-order chi connectivity index (χ0) is 18.6. The van der Waals surface area contributed by atoms with E-state index in [1.54, 1.807) is 11.3 Å². The molecule has 0 saturated carbocycles. The maximum atomic E-state index is 9.74. The van der Waals surface area contributed by atoms with Gasteiger partial charge in [-0.15, -0.1) is 11.3 Å². The van der Waals surface area contributed by atoms with Crippen molar-refractivity contribution >= 4 is 28.1 Å². The predicted molar refractivity (Wildman–Crippen MR) is 112 cm³/mol. The number of rotatable bonds is 6. The van der Waals surface area contributed by atoms with E-state index in [9.17, 15) is 5.11 Å². The molecule has 1 saturated heterocycles. The predicted octanol–water partition coefficient (Wildman–Crippen LogP) is 4.64. The summed E-state index contributed by atoms with van der Waals surface area (Å²) < 4.78 is 0. The van der Waals surface area contributed by atoms with Crippen LogP contribution >= 0.6 is 22.9 Å². The first-order valence-electron chi connectivity index (χ1n) is 9.10. The van der Waals surface area contributed by atoms with Gasteiger partial charge in [-0.2, -0.15) is 0 Å². The molecule has 1 aromatic heterocycles. The van der Waals surface area contributed by atoms with E-state index in [2.05, 4.69) is 39.5 Å². The summed E-state index contributed by atoms with van der Waals surface area (Å²) in [6, 6.07) is 16.2. The number of hydrogen-bond donors (Lipinski definition) is 2. The fourth-order valence-corrected chi connectivity index (χ4v) is 4.34. The number of anilines is 1. The summed E-state index contributed by atoms with van der Waals surface area (Å²) in [7, 11) is 0. The maximum absolute atomic E-state index is 9.74. The number of nitrogens with zero attached hydrogens (tertiary/aromatic N) is 2. The van der Waals surface area contributed by atoms with E-state index in [0.717, 1.165) is 49.0 Å². The van der Waals surface area contributed by atoms with Crippen LogP contribution < -0.4 is 5.32 Å². The number of hydrogen-bond acceptors (Lipinski definition) is 5. The van der Waals surface area contributed by atoms with Crippen molar-refractivity contribution in [2.75, 3.05) is 18.4 Å². The summed E-state index contributed by atoms with van der Waals surface area (Å²) >= 11 is 7.86. The summed E-state index contributed by atoms with van der Waals surface area (Å²) in [5.41, 5.74) is 4.40. The number of nitrogens with one attached hydrogen (secondary N) is 1. The standard InChI is InChI=1S/C21H22ClN3OS/c22-19-8-4-3-7-18(19)20-14-27-21(24-20)23-11-15-5-1-2-6-16(15)12-25-10-9-17(26)13-25/h1-8,14,17,26H,9-13H2,(H,23,24). The van der Waals surface area contributed by atoms with Gasteiger partial charge in [-0.3, -0.25) is 4.90 Å². The number of aromatic nitrogens is 1. The molecule has 2 N–H and O–H groups in total. The van der Waals surface area contributed by atoms with E-state index in [-0.39, 0.29) is 6.10 Å². The Morgan fingerprint density at radius 3 is 2.70 bits per heavy atom. The van der Waals surface area contributed by atoms with Gasteiger partial charge < -0.3 is 10.4 Å². The monoisotopic (exact) mass is 399 g/mol. The molecule has 2 aromatic carbocycles. The molecule has 1 aliphatic rings. The third-order valence-corrected chi connectivity index (χ3v) is 5.97. The van der Waals surface area contributed by atoms with Crippen LogP contribution in [0.1, 0.15) is 17.5 Å². The van der Waals surface area contributed by atoms with Crippen molar-refractivity contribution in [3.63, 3.8) is 0 Å². The number of likely N-dealkylation sites (tertiary alicyclic amines) is 1. The fraction of sp³-hybridized carbons (Fsp3) is 0.286. The van der Waals surface area contributed by atoms with E-state index < -0.39 is 0 Å². The van der Waals surface area contributed by atoms with Crippen molar-refractivity contribution in [2.24, 2.45) is 0 Å². The van der Waals surface area contributed by atoms with Crippen LogP contribution in [0.3, 0.4) is 0 Å². The normalized spacial score (nSPS) is 17.3. The van der Waals surface area contributed by atoms with Crippen molar-refractivity contribution in [3.8, 4) is 11.3 Å². The first-order chi connectivity index (χ1) is 13.2. The molecule has 1 atom stereocenters. The van der Waals surface area contributed by atoms with Crippen molar-refractivity contribution in [2.45, 2.75) is 25.6 Å². The smallest absolute Gasteiger partial charge is 0.183 e. The molecule has 0 bridgehead atoms. The molecule has 4 nitrogen and oxygen atoms in total. The van der Waals surface area contributed by atoms with Crippen LogP contribution in [0.25, 0.3) is 11.3 Å². The maximum Gasteiger partial charge on any atom is 0.183 e. The zero-order valence-corrected chi connectivity index (χ0v) is 16.5. The Hall–Kier alpha value is -1.92. The Kier molecular flexibility index (Phi) is 5.74. The minimum Gasteiger partial charge on any atom is -0.392 e. The summed E-state index contributed by atoms with van der Waals surface area (Å²) in [6.45, 7) is 3.31. The first-order valence-corrected chi connectivity index (χ1v) is 10.4. The summed E-state index contributed by atoms with van der Waals surface area (Å²) in [6.07, 6.45) is 0.679. The molecule has 2 heterocycles. The van der Waals surface area contributed by atoms with Crippen molar-refractivity contribution in [3.05, 3.63) is 70.1 Å². The average molecular weight is 400 g/mol. The molecule has 0 amide bonds. The molecule has 3 aromatic rings. The average Bonchev–Trinajstić information content (AvgIpc) is 3.30. The van der Waals surface area contributed by atoms with E-state index in [4.69, 9.17) is 11.6 Å². The minimum absolute atomic E-state index is 0.186. The van der Waals surface area contributed by atoms with Crippen molar-refractivity contribution in [1.82, 2.24) is 9.88 Å². The number of aliphatic hydroxyl groups excluding tert-OH is 1. The Balaban J connectivity index is 1.43. The molecule has 0 spiro atoms.